The third-order valence-electron chi connectivity index (χ3n) is 8.76. The quantitative estimate of drug-likeness (QED) is 0.253. The van der Waals surface area contributed by atoms with E-state index in [9.17, 15) is 33.9 Å². The molecule has 1 fully saturated rings. The number of carbonyl (C=O) groups is 6. The number of aliphatic carboxylic acids is 1. The highest BCUT2D eigenvalue weighted by atomic mass is 16.6. The van der Waals surface area contributed by atoms with Gasteiger partial charge in [-0.05, 0) is 41.5 Å². The molecule has 1 saturated heterocycles. The second-order valence-corrected chi connectivity index (χ2v) is 12.7. The van der Waals surface area contributed by atoms with E-state index in [1.165, 1.54) is 12.1 Å². The molecular formula is C36H37N3O9. The summed E-state index contributed by atoms with van der Waals surface area (Å²) in [6.07, 6.45) is -1.66. The lowest BCUT2D eigenvalue weighted by atomic mass is 9.69. The molecule has 0 bridgehead atoms. The van der Waals surface area contributed by atoms with E-state index in [1.54, 1.807) is 93.6 Å². The number of carboxylic acid groups (broad SMARTS) is 1. The number of carboxylic acids is 1. The Balaban J connectivity index is 1.56. The van der Waals surface area contributed by atoms with E-state index >= 15 is 0 Å². The molecule has 48 heavy (non-hydrogen) atoms. The van der Waals surface area contributed by atoms with Crippen molar-refractivity contribution in [3.8, 4) is 0 Å². The van der Waals surface area contributed by atoms with E-state index < -0.39 is 59.2 Å². The van der Waals surface area contributed by atoms with Crippen molar-refractivity contribution in [2.75, 3.05) is 6.54 Å². The standard InChI is InChI=1S/C36H37N3O9/c1-35(2,3)36(33(44)45)19-12-20-37(34(46)48-23-25-15-8-5-9-16-25)39(36)32(43)28(21-29(40)47-22-24-13-6-4-7-14-24)38-30(41)26-17-10-11-18-27(26)31(38)42/h4-11,13-18,28H,12,19-23H2,1-3H3,(H,44,45)/t28-,36?/m0/s1. The summed E-state index contributed by atoms with van der Waals surface area (Å²) in [6, 6.07) is 21.7. The molecule has 12 heteroatoms. The Hall–Kier alpha value is -5.52. The summed E-state index contributed by atoms with van der Waals surface area (Å²) >= 11 is 0. The molecule has 2 heterocycles. The lowest BCUT2D eigenvalue weighted by Crippen LogP contribution is -2.74. The molecule has 2 aliphatic heterocycles. The van der Waals surface area contributed by atoms with E-state index in [0.29, 0.717) is 16.0 Å². The Kier molecular flexibility index (Phi) is 9.64. The van der Waals surface area contributed by atoms with E-state index in [0.717, 1.165) is 10.0 Å². The maximum atomic E-state index is 15.0. The SMILES string of the molecule is CC(C)(C)C1(C(=O)O)CCCN(C(=O)OCc2ccccc2)N1C(=O)[C@H](CC(=O)OCc1ccccc1)N1C(=O)c2ccccc2C1=O. The van der Waals surface area contributed by atoms with Gasteiger partial charge >= 0.3 is 18.0 Å². The van der Waals surface area contributed by atoms with E-state index in [-0.39, 0.29) is 43.7 Å². The van der Waals surface area contributed by atoms with Crippen molar-refractivity contribution in [2.24, 2.45) is 5.41 Å². The van der Waals surface area contributed by atoms with E-state index in [2.05, 4.69) is 0 Å². The fourth-order valence-corrected chi connectivity index (χ4v) is 6.26. The van der Waals surface area contributed by atoms with Crippen molar-refractivity contribution in [3.05, 3.63) is 107 Å². The number of hydrogen-bond donors (Lipinski definition) is 1. The summed E-state index contributed by atoms with van der Waals surface area (Å²) < 4.78 is 11.0. The Labute approximate surface area is 277 Å². The van der Waals surface area contributed by atoms with Crippen LogP contribution in [0.3, 0.4) is 0 Å². The molecule has 1 N–H and O–H groups in total. The molecule has 2 atom stereocenters. The Morgan fingerprint density at radius 2 is 1.29 bits per heavy atom. The number of esters is 1. The smallest absolute Gasteiger partial charge is 0.429 e. The van der Waals surface area contributed by atoms with Crippen LogP contribution in [0.15, 0.2) is 84.9 Å². The fraction of sp³-hybridized carbons (Fsp3) is 0.333. The minimum Gasteiger partial charge on any atom is -0.479 e. The normalized spacial score (nSPS) is 18.3. The predicted molar refractivity (Wildman–Crippen MR) is 171 cm³/mol. The summed E-state index contributed by atoms with van der Waals surface area (Å²) in [5.74, 6) is -5.11. The van der Waals surface area contributed by atoms with Gasteiger partial charge in [-0.3, -0.25) is 24.1 Å². The monoisotopic (exact) mass is 655 g/mol. The van der Waals surface area contributed by atoms with Crippen LogP contribution in [0.4, 0.5) is 4.79 Å². The fourth-order valence-electron chi connectivity index (χ4n) is 6.26. The van der Waals surface area contributed by atoms with Crippen molar-refractivity contribution < 1.29 is 43.3 Å². The summed E-state index contributed by atoms with van der Waals surface area (Å²) in [5.41, 5.74) is -1.86. The van der Waals surface area contributed by atoms with Crippen molar-refractivity contribution in [1.29, 1.82) is 0 Å². The van der Waals surface area contributed by atoms with Crippen molar-refractivity contribution in [2.45, 2.75) is 64.8 Å². The Morgan fingerprint density at radius 3 is 1.79 bits per heavy atom. The molecule has 3 aromatic rings. The molecular weight excluding hydrogens is 618 g/mol. The first kappa shape index (κ1) is 33.8. The number of fused-ring (bicyclic) bond motifs is 1. The van der Waals surface area contributed by atoms with Crippen LogP contribution in [0.25, 0.3) is 0 Å². The minimum absolute atomic E-state index is 0.0241. The zero-order valence-electron chi connectivity index (χ0n) is 27.0. The zero-order chi connectivity index (χ0) is 34.6. The number of nitrogens with zero attached hydrogens (tertiary/aromatic N) is 3. The summed E-state index contributed by atoms with van der Waals surface area (Å²) in [4.78, 5) is 83.5. The maximum absolute atomic E-state index is 15.0. The summed E-state index contributed by atoms with van der Waals surface area (Å²) in [6.45, 7) is 4.44. The number of amides is 4. The molecule has 4 amide bonds. The van der Waals surface area contributed by atoms with Gasteiger partial charge in [0.15, 0.2) is 5.54 Å². The van der Waals surface area contributed by atoms with Crippen molar-refractivity contribution in [3.63, 3.8) is 0 Å². The second-order valence-electron chi connectivity index (χ2n) is 12.7. The molecule has 3 aromatic carbocycles. The summed E-state index contributed by atoms with van der Waals surface area (Å²) in [5, 5.41) is 12.5. The molecule has 0 saturated carbocycles. The average molecular weight is 656 g/mol. The van der Waals surface area contributed by atoms with Crippen molar-refractivity contribution in [1.82, 2.24) is 14.9 Å². The predicted octanol–water partition coefficient (Wildman–Crippen LogP) is 4.83. The average Bonchev–Trinajstić information content (AvgIpc) is 3.33. The number of imide groups is 1. The zero-order valence-corrected chi connectivity index (χ0v) is 27.0. The first-order valence-corrected chi connectivity index (χ1v) is 15.6. The first-order valence-electron chi connectivity index (χ1n) is 15.6. The number of ether oxygens (including phenoxy) is 2. The molecule has 0 aromatic heterocycles. The van der Waals surface area contributed by atoms with Crippen LogP contribution in [0.2, 0.25) is 0 Å². The van der Waals surface area contributed by atoms with Gasteiger partial charge in [-0.15, -0.1) is 0 Å². The van der Waals surface area contributed by atoms with Gasteiger partial charge in [-0.2, -0.15) is 0 Å². The maximum Gasteiger partial charge on any atom is 0.429 e. The topological polar surface area (TPSA) is 151 Å². The van der Waals surface area contributed by atoms with Gasteiger partial charge in [0.1, 0.15) is 19.3 Å². The van der Waals surface area contributed by atoms with Gasteiger partial charge in [0, 0.05) is 6.54 Å². The minimum atomic E-state index is -2.04. The van der Waals surface area contributed by atoms with Gasteiger partial charge < -0.3 is 14.6 Å². The van der Waals surface area contributed by atoms with Gasteiger partial charge in [0.25, 0.3) is 17.7 Å². The molecule has 250 valence electrons. The number of rotatable bonds is 9. The molecule has 12 nitrogen and oxygen atoms in total. The van der Waals surface area contributed by atoms with Gasteiger partial charge in [0.2, 0.25) is 0 Å². The number of benzene rings is 3. The van der Waals surface area contributed by atoms with Crippen LogP contribution >= 0.6 is 0 Å². The van der Waals surface area contributed by atoms with E-state index in [1.807, 2.05) is 0 Å². The summed E-state index contributed by atoms with van der Waals surface area (Å²) in [7, 11) is 0. The van der Waals surface area contributed by atoms with Crippen LogP contribution < -0.4 is 0 Å². The Morgan fingerprint density at radius 1 is 0.792 bits per heavy atom. The molecule has 1 unspecified atom stereocenters. The highest BCUT2D eigenvalue weighted by Gasteiger charge is 2.62. The first-order chi connectivity index (χ1) is 22.9. The third-order valence-corrected chi connectivity index (χ3v) is 8.76. The van der Waals surface area contributed by atoms with Gasteiger partial charge in [-0.25, -0.2) is 19.6 Å². The van der Waals surface area contributed by atoms with Crippen LogP contribution in [0, 0.1) is 5.41 Å². The molecule has 2 aliphatic rings. The van der Waals surface area contributed by atoms with Crippen LogP contribution in [0.1, 0.15) is 71.9 Å². The largest absolute Gasteiger partial charge is 0.479 e. The van der Waals surface area contributed by atoms with Crippen LogP contribution in [0.5, 0.6) is 0 Å². The Bertz CT molecular complexity index is 1690. The van der Waals surface area contributed by atoms with E-state index in [4.69, 9.17) is 9.47 Å². The number of carbonyl (C=O) groups excluding carboxylic acids is 5. The molecule has 0 spiro atoms. The van der Waals surface area contributed by atoms with Crippen LogP contribution in [-0.4, -0.2) is 73.9 Å². The molecule has 0 radical (unpaired) electrons. The van der Waals surface area contributed by atoms with Gasteiger partial charge in [-0.1, -0.05) is 93.6 Å². The lowest BCUT2D eigenvalue weighted by Gasteiger charge is -2.55. The van der Waals surface area contributed by atoms with Crippen molar-refractivity contribution >= 4 is 35.8 Å². The van der Waals surface area contributed by atoms with Crippen LogP contribution in [-0.2, 0) is 37.1 Å². The molecule has 5 rings (SSSR count). The van der Waals surface area contributed by atoms with Gasteiger partial charge in [0.05, 0.1) is 17.5 Å². The highest BCUT2D eigenvalue weighted by molar-refractivity contribution is 6.23. The second kappa shape index (κ2) is 13.7. The molecule has 0 aliphatic carbocycles. The highest BCUT2D eigenvalue weighted by Crippen LogP contribution is 2.45. The number of hydrazine groups is 1. The lowest BCUT2D eigenvalue weighted by molar-refractivity contribution is -0.205. The number of hydrogen-bond acceptors (Lipinski definition) is 8. The third kappa shape index (κ3) is 6.38.